The Labute approximate surface area is 132 Å². The van der Waals surface area contributed by atoms with Crippen LogP contribution in [0.15, 0.2) is 12.2 Å². The van der Waals surface area contributed by atoms with Crippen molar-refractivity contribution in [1.82, 2.24) is 5.32 Å². The van der Waals surface area contributed by atoms with Gasteiger partial charge in [-0.1, -0.05) is 20.4 Å². The Morgan fingerprint density at radius 3 is 2.36 bits per heavy atom. The molecule has 0 aliphatic heterocycles. The molecular weight excluding hydrogens is 286 g/mol. The van der Waals surface area contributed by atoms with Crippen molar-refractivity contribution in [1.29, 1.82) is 0 Å². The number of hydrogen-bond acceptors (Lipinski definition) is 5. The van der Waals surface area contributed by atoms with Gasteiger partial charge < -0.3 is 14.8 Å². The predicted octanol–water partition coefficient (Wildman–Crippen LogP) is 1.98. The number of ether oxygens (including phenoxy) is 2. The van der Waals surface area contributed by atoms with Crippen molar-refractivity contribution < 1.29 is 23.9 Å². The molecule has 0 aromatic rings. The van der Waals surface area contributed by atoms with Crippen molar-refractivity contribution >= 4 is 17.8 Å². The summed E-state index contributed by atoms with van der Waals surface area (Å²) in [4.78, 5) is 33.5. The Kier molecular flexibility index (Phi) is 9.13. The summed E-state index contributed by atoms with van der Waals surface area (Å²) in [7, 11) is 0. The van der Waals surface area contributed by atoms with E-state index < -0.39 is 5.97 Å². The number of hydrogen-bond donors (Lipinski definition) is 1. The smallest absolute Gasteiger partial charge is 0.333 e. The molecule has 126 valence electrons. The van der Waals surface area contributed by atoms with Crippen LogP contribution in [-0.4, -0.2) is 37.6 Å². The molecule has 0 aliphatic carbocycles. The highest BCUT2D eigenvalue weighted by molar-refractivity contribution is 5.87. The van der Waals surface area contributed by atoms with Crippen LogP contribution in [0.25, 0.3) is 0 Å². The number of amides is 1. The van der Waals surface area contributed by atoms with Crippen LogP contribution in [0.2, 0.25) is 0 Å². The lowest BCUT2D eigenvalue weighted by Crippen LogP contribution is -2.30. The quantitative estimate of drug-likeness (QED) is 0.379. The van der Waals surface area contributed by atoms with Gasteiger partial charge in [-0.3, -0.25) is 9.59 Å². The predicted molar refractivity (Wildman–Crippen MR) is 83.0 cm³/mol. The second-order valence-corrected chi connectivity index (χ2v) is 5.90. The third-order valence-corrected chi connectivity index (χ3v) is 3.02. The van der Waals surface area contributed by atoms with Crippen LogP contribution >= 0.6 is 0 Å². The topological polar surface area (TPSA) is 81.7 Å². The molecule has 0 spiro atoms. The van der Waals surface area contributed by atoms with Gasteiger partial charge >= 0.3 is 11.9 Å². The van der Waals surface area contributed by atoms with Crippen molar-refractivity contribution in [3.05, 3.63) is 12.2 Å². The van der Waals surface area contributed by atoms with Gasteiger partial charge in [-0.15, -0.1) is 0 Å². The summed E-state index contributed by atoms with van der Waals surface area (Å²) in [6.07, 6.45) is 2.13. The van der Waals surface area contributed by atoms with E-state index in [0.29, 0.717) is 25.1 Å². The third kappa shape index (κ3) is 9.96. The van der Waals surface area contributed by atoms with Crippen LogP contribution in [0.5, 0.6) is 0 Å². The van der Waals surface area contributed by atoms with Gasteiger partial charge in [0.05, 0.1) is 6.61 Å². The highest BCUT2D eigenvalue weighted by atomic mass is 16.5. The maximum atomic E-state index is 11.5. The van der Waals surface area contributed by atoms with Crippen LogP contribution in [-0.2, 0) is 23.9 Å². The van der Waals surface area contributed by atoms with E-state index >= 15 is 0 Å². The standard InChI is InChI=1S/C16H27NO5/c1-6-21-15(20)12(2)10-16(4,5)8-7-9-17-14(19)11-22-13(3)18/h2,6-11H2,1,3-5H3,(H,17,19). The first-order valence-corrected chi connectivity index (χ1v) is 7.43. The Balaban J connectivity index is 3.97. The molecule has 6 nitrogen and oxygen atoms in total. The third-order valence-electron chi connectivity index (χ3n) is 3.02. The van der Waals surface area contributed by atoms with Gasteiger partial charge in [0.15, 0.2) is 6.61 Å². The van der Waals surface area contributed by atoms with Crippen LogP contribution in [0, 0.1) is 5.41 Å². The van der Waals surface area contributed by atoms with Gasteiger partial charge in [0.2, 0.25) is 0 Å². The van der Waals surface area contributed by atoms with Crippen molar-refractivity contribution in [2.75, 3.05) is 19.8 Å². The van der Waals surface area contributed by atoms with Gasteiger partial charge in [0.1, 0.15) is 0 Å². The molecule has 0 heterocycles. The maximum absolute atomic E-state index is 11.5. The summed E-state index contributed by atoms with van der Waals surface area (Å²) in [6.45, 7) is 11.4. The molecule has 0 radical (unpaired) electrons. The Morgan fingerprint density at radius 2 is 1.82 bits per heavy atom. The second kappa shape index (κ2) is 9.97. The lowest BCUT2D eigenvalue weighted by Gasteiger charge is -2.25. The van der Waals surface area contributed by atoms with Crippen LogP contribution < -0.4 is 5.32 Å². The van der Waals surface area contributed by atoms with Gasteiger partial charge in [0, 0.05) is 19.0 Å². The minimum atomic E-state index is -0.478. The molecule has 0 aromatic carbocycles. The highest BCUT2D eigenvalue weighted by Gasteiger charge is 2.22. The van der Waals surface area contributed by atoms with Crippen LogP contribution in [0.4, 0.5) is 0 Å². The molecule has 0 rings (SSSR count). The first kappa shape index (κ1) is 20.1. The normalized spacial score (nSPS) is 10.7. The molecule has 0 bridgehead atoms. The fourth-order valence-electron chi connectivity index (χ4n) is 1.98. The Morgan fingerprint density at radius 1 is 1.18 bits per heavy atom. The summed E-state index contributed by atoms with van der Waals surface area (Å²) < 4.78 is 9.51. The van der Waals surface area contributed by atoms with E-state index in [4.69, 9.17) is 4.74 Å². The van der Waals surface area contributed by atoms with Crippen LogP contribution in [0.3, 0.4) is 0 Å². The zero-order valence-electron chi connectivity index (χ0n) is 14.0. The summed E-state index contributed by atoms with van der Waals surface area (Å²) >= 11 is 0. The maximum Gasteiger partial charge on any atom is 0.333 e. The summed E-state index contributed by atoms with van der Waals surface area (Å²) in [5.41, 5.74) is 0.357. The van der Waals surface area contributed by atoms with E-state index in [0.717, 1.165) is 12.8 Å². The van der Waals surface area contributed by atoms with Gasteiger partial charge in [0.25, 0.3) is 5.91 Å². The van der Waals surface area contributed by atoms with Gasteiger partial charge in [-0.25, -0.2) is 4.79 Å². The molecule has 0 unspecified atom stereocenters. The number of carbonyl (C=O) groups excluding carboxylic acids is 3. The molecule has 22 heavy (non-hydrogen) atoms. The van der Waals surface area contributed by atoms with Crippen molar-refractivity contribution in [3.8, 4) is 0 Å². The number of rotatable bonds is 10. The van der Waals surface area contributed by atoms with E-state index in [-0.39, 0.29) is 23.9 Å². The van der Waals surface area contributed by atoms with E-state index in [1.165, 1.54) is 6.92 Å². The van der Waals surface area contributed by atoms with Crippen molar-refractivity contribution in [2.45, 2.75) is 47.0 Å². The number of nitrogens with one attached hydrogen (secondary N) is 1. The van der Waals surface area contributed by atoms with Gasteiger partial charge in [-0.05, 0) is 31.6 Å². The summed E-state index contributed by atoms with van der Waals surface area (Å²) in [5.74, 6) is -1.15. The first-order chi connectivity index (χ1) is 10.2. The molecule has 0 saturated carbocycles. The van der Waals surface area contributed by atoms with Crippen molar-refractivity contribution in [3.63, 3.8) is 0 Å². The molecule has 6 heteroatoms. The fourth-order valence-corrected chi connectivity index (χ4v) is 1.98. The van der Waals surface area contributed by atoms with E-state index in [1.54, 1.807) is 6.92 Å². The average molecular weight is 313 g/mol. The van der Waals surface area contributed by atoms with Crippen molar-refractivity contribution in [2.24, 2.45) is 5.41 Å². The SMILES string of the molecule is C=C(CC(C)(C)CCCNC(=O)COC(C)=O)C(=O)OCC. The fraction of sp³-hybridized carbons (Fsp3) is 0.688. The van der Waals surface area contributed by atoms with E-state index in [2.05, 4.69) is 16.6 Å². The highest BCUT2D eigenvalue weighted by Crippen LogP contribution is 2.30. The zero-order chi connectivity index (χ0) is 17.2. The monoisotopic (exact) mass is 313 g/mol. The molecule has 1 N–H and O–H groups in total. The van der Waals surface area contributed by atoms with E-state index in [1.807, 2.05) is 13.8 Å². The molecule has 0 atom stereocenters. The molecule has 0 aliphatic rings. The minimum Gasteiger partial charge on any atom is -0.463 e. The second-order valence-electron chi connectivity index (χ2n) is 5.90. The molecule has 0 saturated heterocycles. The number of esters is 2. The lowest BCUT2D eigenvalue weighted by atomic mass is 9.82. The van der Waals surface area contributed by atoms with Crippen LogP contribution in [0.1, 0.15) is 47.0 Å². The zero-order valence-corrected chi connectivity index (χ0v) is 14.0. The summed E-state index contributed by atoms with van der Waals surface area (Å²) in [6, 6.07) is 0. The van der Waals surface area contributed by atoms with E-state index in [9.17, 15) is 14.4 Å². The molecule has 0 fully saturated rings. The minimum absolute atomic E-state index is 0.107. The summed E-state index contributed by atoms with van der Waals surface area (Å²) in [5, 5.41) is 2.68. The molecular formula is C16H27NO5. The van der Waals surface area contributed by atoms with Gasteiger partial charge in [-0.2, -0.15) is 0 Å². The Hall–Kier alpha value is -1.85. The largest absolute Gasteiger partial charge is 0.463 e. The number of carbonyl (C=O) groups is 3. The first-order valence-electron chi connectivity index (χ1n) is 7.43. The molecule has 1 amide bonds. The Bertz CT molecular complexity index is 415. The average Bonchev–Trinajstić information content (AvgIpc) is 2.41. The molecule has 0 aromatic heterocycles. The lowest BCUT2D eigenvalue weighted by molar-refractivity contribution is -0.146.